The number of allylic oxidation sites excluding steroid dienone is 4. The van der Waals surface area contributed by atoms with E-state index in [1.807, 2.05) is 0 Å². The zero-order chi connectivity index (χ0) is 32.1. The van der Waals surface area contributed by atoms with E-state index in [4.69, 9.17) is 4.21 Å². The molecule has 0 heterocycles. The summed E-state index contributed by atoms with van der Waals surface area (Å²) >= 11 is -4.45. The predicted molar refractivity (Wildman–Crippen MR) is 204 cm³/mol. The van der Waals surface area contributed by atoms with Gasteiger partial charge in [0, 0.05) is 0 Å². The summed E-state index contributed by atoms with van der Waals surface area (Å²) in [6.07, 6.45) is 6.14. The first-order chi connectivity index (χ1) is 19.5. The van der Waals surface area contributed by atoms with E-state index >= 15 is 0 Å². The second-order valence-electron chi connectivity index (χ2n) is 17.6. The number of rotatable bonds is 3. The molecule has 3 aromatic rings. The van der Waals surface area contributed by atoms with Crippen molar-refractivity contribution in [1.82, 2.24) is 0 Å². The molecule has 2 aliphatic rings. The van der Waals surface area contributed by atoms with E-state index in [1.165, 1.54) is 53.4 Å². The maximum absolute atomic E-state index is 5.63. The van der Waals surface area contributed by atoms with Crippen LogP contribution in [0, 0.1) is 32.1 Å². The van der Waals surface area contributed by atoms with Gasteiger partial charge in [-0.25, -0.2) is 0 Å². The Morgan fingerprint density at radius 1 is 0.733 bits per heavy atom. The Labute approximate surface area is 288 Å². The van der Waals surface area contributed by atoms with E-state index < -0.39 is 18.3 Å². The zero-order valence-corrected chi connectivity index (χ0v) is 34.6. The van der Waals surface area contributed by atoms with Gasteiger partial charge in [-0.2, -0.15) is 0 Å². The molecule has 0 N–H and O–H groups in total. The Balaban J connectivity index is 0.00000276. The van der Waals surface area contributed by atoms with Crippen molar-refractivity contribution in [3.8, 4) is 11.1 Å². The second-order valence-corrected chi connectivity index (χ2v) is 31.5. The van der Waals surface area contributed by atoms with Gasteiger partial charge in [0.05, 0.1) is 0 Å². The molecule has 0 amide bonds. The van der Waals surface area contributed by atoms with Crippen molar-refractivity contribution in [1.29, 1.82) is 0 Å². The van der Waals surface area contributed by atoms with Gasteiger partial charge in [0.2, 0.25) is 0 Å². The number of benzene rings is 3. The van der Waals surface area contributed by atoms with Crippen LogP contribution in [0.3, 0.4) is 0 Å². The van der Waals surface area contributed by atoms with Gasteiger partial charge >= 0.3 is 266 Å². The summed E-state index contributed by atoms with van der Waals surface area (Å²) in [5.74, 6) is 0.371. The van der Waals surface area contributed by atoms with Gasteiger partial charge in [-0.1, -0.05) is 0 Å². The molecule has 0 bridgehead atoms. The molecule has 0 nitrogen and oxygen atoms in total. The van der Waals surface area contributed by atoms with Gasteiger partial charge in [0.1, 0.15) is 0 Å². The van der Waals surface area contributed by atoms with Crippen LogP contribution in [-0.4, -0.2) is 4.21 Å². The molecular formula is C42H58Cl2Zr. The van der Waals surface area contributed by atoms with Gasteiger partial charge in [-0.3, -0.25) is 0 Å². The Morgan fingerprint density at radius 2 is 1.27 bits per heavy atom. The van der Waals surface area contributed by atoms with Gasteiger partial charge in [-0.05, 0) is 0 Å². The van der Waals surface area contributed by atoms with Gasteiger partial charge in [0.25, 0.3) is 0 Å². The van der Waals surface area contributed by atoms with E-state index in [0.29, 0.717) is 5.92 Å². The molecule has 0 saturated heterocycles. The van der Waals surface area contributed by atoms with Crippen LogP contribution in [0.1, 0.15) is 108 Å². The minimum atomic E-state index is -4.45. The fourth-order valence-electron chi connectivity index (χ4n) is 8.56. The van der Waals surface area contributed by atoms with Crippen molar-refractivity contribution in [2.45, 2.75) is 112 Å². The molecule has 244 valence electrons. The average molecular weight is 725 g/mol. The third-order valence-corrected chi connectivity index (χ3v) is 25.8. The molecule has 3 aromatic carbocycles. The van der Waals surface area contributed by atoms with Crippen molar-refractivity contribution in [3.63, 3.8) is 0 Å². The van der Waals surface area contributed by atoms with E-state index in [1.54, 1.807) is 12.1 Å². The van der Waals surface area contributed by atoms with Gasteiger partial charge < -0.3 is 0 Å². The summed E-state index contributed by atoms with van der Waals surface area (Å²) in [7, 11) is 0. The molecule has 0 radical (unpaired) electrons. The van der Waals surface area contributed by atoms with Crippen LogP contribution >= 0.6 is 24.8 Å². The molecule has 1 atom stereocenters. The van der Waals surface area contributed by atoms with Crippen LogP contribution < -0.4 is 6.54 Å². The molecule has 45 heavy (non-hydrogen) atoms. The number of aryl methyl sites for hydroxylation is 2. The molecular weight excluding hydrogens is 667 g/mol. The molecule has 3 heteroatoms. The van der Waals surface area contributed by atoms with E-state index in [0.717, 1.165) is 6.42 Å². The predicted octanol–water partition coefficient (Wildman–Crippen LogP) is 11.2. The van der Waals surface area contributed by atoms with Gasteiger partial charge in [-0.15, -0.1) is 24.8 Å². The Kier molecular flexibility index (Phi) is 10.00. The summed E-state index contributed by atoms with van der Waals surface area (Å²) < 4.78 is 13.0. The van der Waals surface area contributed by atoms with Crippen molar-refractivity contribution < 1.29 is 18.3 Å². The maximum atomic E-state index is 5.63. The molecule has 0 aliphatic heterocycles. The third-order valence-electron chi connectivity index (χ3n) is 10.8. The molecule has 0 saturated carbocycles. The molecule has 2 aliphatic carbocycles. The Morgan fingerprint density at radius 3 is 1.76 bits per heavy atom. The first-order valence-corrected chi connectivity index (χ1v) is 24.3. The van der Waals surface area contributed by atoms with E-state index in [9.17, 15) is 0 Å². The number of hydrogen-bond donors (Lipinski definition) is 0. The fourth-order valence-corrected chi connectivity index (χ4v) is 23.4. The van der Waals surface area contributed by atoms with Crippen LogP contribution in [0.25, 0.3) is 11.1 Å². The first kappa shape index (κ1) is 37.9. The molecule has 1 unspecified atom stereocenters. The van der Waals surface area contributed by atoms with Crippen molar-refractivity contribution in [2.24, 2.45) is 11.3 Å². The summed E-state index contributed by atoms with van der Waals surface area (Å²) in [6.45, 7) is 30.7. The monoisotopic (exact) mass is 722 g/mol. The van der Waals surface area contributed by atoms with Crippen LogP contribution in [-0.2, 0) is 35.5 Å². The minimum absolute atomic E-state index is 0. The summed E-state index contributed by atoms with van der Waals surface area (Å²) in [6, 6.07) is 17.1. The van der Waals surface area contributed by atoms with E-state index in [2.05, 4.69) is 149 Å². The van der Waals surface area contributed by atoms with Crippen LogP contribution in [0.5, 0.6) is 0 Å². The average Bonchev–Trinajstić information content (AvgIpc) is 3.42. The Bertz CT molecular complexity index is 1780. The van der Waals surface area contributed by atoms with Crippen LogP contribution in [0.2, 0.25) is 4.63 Å². The Hall–Kier alpha value is -1.53. The summed E-state index contributed by atoms with van der Waals surface area (Å²) in [5, 5.41) is 0. The molecule has 0 fully saturated rings. The van der Waals surface area contributed by atoms with Crippen LogP contribution in [0.4, 0.5) is 0 Å². The van der Waals surface area contributed by atoms with Crippen LogP contribution in [0.15, 0.2) is 63.5 Å². The summed E-state index contributed by atoms with van der Waals surface area (Å²) in [5.41, 5.74) is 14.8. The topological polar surface area (TPSA) is 0 Å². The quantitative estimate of drug-likeness (QED) is 0.197. The third kappa shape index (κ3) is 6.14. The SMILES string of the molecule is Cl.Cl.[CH2]=[Zr]([CH3])([C]1=CC(C(C)(C)C)=CC1C)([c]1ccc(C)cc1)[c]1c(C)c(C(C)(C)C)cc2c1Cc1cc(C)c(C(C)(C)C)cc1-2. The number of halogens is 2. The molecule has 0 aromatic heterocycles. The second kappa shape index (κ2) is 11.9. The van der Waals surface area contributed by atoms with Crippen molar-refractivity contribution in [3.05, 3.63) is 102 Å². The first-order valence-electron chi connectivity index (χ1n) is 16.4. The van der Waals surface area contributed by atoms with Gasteiger partial charge in [0.15, 0.2) is 0 Å². The standard InChI is InChI=1S/C23H29.C10H15.C7H7.CH3.CH2.2ClH.Zr/c1-14-9-16-11-17-10-15(2)21(23(6,7)8)13-19(17)18(16)12-20(14)22(3,4)5;1-8-5-6-9(7-8)10(2,3)4;1-7-5-3-2-4-6-7;;;;;/h9,12-13H,11H2,1-8H3;6-8H,1-4H3;3-6H,1H3;1H3;1H2;2*1H;. The van der Waals surface area contributed by atoms with Crippen molar-refractivity contribution >= 4 is 35.6 Å². The van der Waals surface area contributed by atoms with E-state index in [-0.39, 0.29) is 41.1 Å². The van der Waals surface area contributed by atoms with Crippen molar-refractivity contribution in [2.75, 3.05) is 0 Å². The molecule has 0 spiro atoms. The number of fused-ring (bicyclic) bond motifs is 3. The summed E-state index contributed by atoms with van der Waals surface area (Å²) in [4.78, 5) is 0. The molecule has 5 rings (SSSR count). The normalized spacial score (nSPS) is 16.7. The fraction of sp³-hybridized carbons (Fsp3) is 0.452. The zero-order valence-electron chi connectivity index (χ0n) is 30.5. The number of hydrogen-bond acceptors (Lipinski definition) is 0.